The average Bonchev–Trinajstić information content (AvgIpc) is 3.10. The number of aliphatic carboxylic acids is 1. The van der Waals surface area contributed by atoms with Crippen LogP contribution in [-0.4, -0.2) is 47.6 Å². The minimum absolute atomic E-state index is 0.123. The number of hydrogen-bond acceptors (Lipinski definition) is 4. The molecule has 0 bridgehead atoms. The van der Waals surface area contributed by atoms with Crippen LogP contribution in [0.1, 0.15) is 12.0 Å². The molecule has 1 fully saturated rings. The largest absolute Gasteiger partial charge is 0.490 e. The van der Waals surface area contributed by atoms with Gasteiger partial charge in [0.1, 0.15) is 4.90 Å². The van der Waals surface area contributed by atoms with E-state index in [0.29, 0.717) is 5.52 Å². The molecule has 0 unspecified atom stereocenters. The topological polar surface area (TPSA) is 79.6 Å². The highest BCUT2D eigenvalue weighted by Gasteiger charge is 2.38. The highest BCUT2D eigenvalue weighted by atomic mass is 35.5. The molecule has 3 aromatic rings. The predicted molar refractivity (Wildman–Crippen MR) is 110 cm³/mol. The Hall–Kier alpha value is -2.56. The summed E-state index contributed by atoms with van der Waals surface area (Å²) in [7, 11) is -3.72. The van der Waals surface area contributed by atoms with E-state index >= 15 is 0 Å². The van der Waals surface area contributed by atoms with E-state index < -0.39 is 22.2 Å². The first-order valence-electron chi connectivity index (χ1n) is 9.13. The highest BCUT2D eigenvalue weighted by Crippen LogP contribution is 2.29. The van der Waals surface area contributed by atoms with Crippen molar-refractivity contribution in [3.05, 3.63) is 65.3 Å². The van der Waals surface area contributed by atoms with Gasteiger partial charge in [-0.25, -0.2) is 17.2 Å². The third-order valence-corrected chi connectivity index (χ3v) is 6.94. The first-order valence-corrected chi connectivity index (χ1v) is 10.9. The van der Waals surface area contributed by atoms with E-state index in [1.807, 2.05) is 18.2 Å². The molecular formula is C20H18ClF3N2O4S. The van der Waals surface area contributed by atoms with E-state index in [1.165, 1.54) is 16.5 Å². The molecule has 31 heavy (non-hydrogen) atoms. The highest BCUT2D eigenvalue weighted by molar-refractivity contribution is 7.90. The molecule has 166 valence electrons. The SMILES string of the molecule is O=C(O)C(F)(F)F.O=S(=O)(c1ccccc1Cl)n1ccc2c(CN3CCC3)cccc21. The Balaban J connectivity index is 0.000000339. The number of fused-ring (bicyclic) bond motifs is 1. The first-order chi connectivity index (χ1) is 14.5. The minimum atomic E-state index is -5.08. The number of benzene rings is 2. The second kappa shape index (κ2) is 8.89. The monoisotopic (exact) mass is 474 g/mol. The van der Waals surface area contributed by atoms with E-state index in [2.05, 4.69) is 11.0 Å². The molecule has 0 radical (unpaired) electrons. The molecule has 4 rings (SSSR count). The second-order valence-electron chi connectivity index (χ2n) is 6.83. The lowest BCUT2D eigenvalue weighted by Crippen LogP contribution is -2.36. The van der Waals surface area contributed by atoms with Crippen molar-refractivity contribution in [2.75, 3.05) is 13.1 Å². The number of aromatic nitrogens is 1. The Morgan fingerprint density at radius 2 is 1.71 bits per heavy atom. The molecule has 1 aliphatic rings. The first kappa shape index (κ1) is 23.1. The number of alkyl halides is 3. The Morgan fingerprint density at radius 3 is 2.26 bits per heavy atom. The normalized spacial score (nSPS) is 14.6. The van der Waals surface area contributed by atoms with Crippen LogP contribution in [0.3, 0.4) is 0 Å². The van der Waals surface area contributed by atoms with Crippen molar-refractivity contribution in [1.29, 1.82) is 0 Å². The molecule has 11 heteroatoms. The summed E-state index contributed by atoms with van der Waals surface area (Å²) in [5.74, 6) is -2.76. The summed E-state index contributed by atoms with van der Waals surface area (Å²) in [5, 5.41) is 8.33. The quantitative estimate of drug-likeness (QED) is 0.607. The van der Waals surface area contributed by atoms with Gasteiger partial charge in [0.15, 0.2) is 0 Å². The number of carbonyl (C=O) groups is 1. The molecule has 0 atom stereocenters. The number of nitrogens with zero attached hydrogens (tertiary/aromatic N) is 2. The lowest BCUT2D eigenvalue weighted by molar-refractivity contribution is -0.192. The molecule has 1 saturated heterocycles. The fraction of sp³-hybridized carbons (Fsp3) is 0.250. The Morgan fingerprint density at radius 1 is 1.06 bits per heavy atom. The summed E-state index contributed by atoms with van der Waals surface area (Å²) >= 11 is 6.10. The molecule has 0 spiro atoms. The van der Waals surface area contributed by atoms with Crippen LogP contribution in [0.25, 0.3) is 10.9 Å². The molecule has 2 aromatic carbocycles. The van der Waals surface area contributed by atoms with Gasteiger partial charge in [-0.2, -0.15) is 13.2 Å². The molecule has 0 saturated carbocycles. The summed E-state index contributed by atoms with van der Waals surface area (Å²) in [6.07, 6.45) is -2.24. The van der Waals surface area contributed by atoms with Gasteiger partial charge >= 0.3 is 12.1 Å². The molecule has 0 amide bonds. The van der Waals surface area contributed by atoms with Gasteiger partial charge in [0, 0.05) is 18.1 Å². The van der Waals surface area contributed by atoms with E-state index in [-0.39, 0.29) is 9.92 Å². The van der Waals surface area contributed by atoms with Gasteiger partial charge in [-0.05, 0) is 49.3 Å². The molecule has 6 nitrogen and oxygen atoms in total. The number of rotatable bonds is 4. The zero-order valence-corrected chi connectivity index (χ0v) is 17.6. The van der Waals surface area contributed by atoms with Crippen LogP contribution in [0.5, 0.6) is 0 Å². The van der Waals surface area contributed by atoms with Gasteiger partial charge in [-0.15, -0.1) is 0 Å². The van der Waals surface area contributed by atoms with Gasteiger partial charge in [-0.1, -0.05) is 35.9 Å². The molecule has 0 aliphatic carbocycles. The predicted octanol–water partition coefficient (Wildman–Crippen LogP) is 4.37. The number of halogens is 4. The maximum Gasteiger partial charge on any atom is 0.490 e. The summed E-state index contributed by atoms with van der Waals surface area (Å²) in [6.45, 7) is 3.07. The second-order valence-corrected chi connectivity index (χ2v) is 9.02. The van der Waals surface area contributed by atoms with E-state index in [9.17, 15) is 21.6 Å². The van der Waals surface area contributed by atoms with Crippen molar-refractivity contribution in [1.82, 2.24) is 8.87 Å². The minimum Gasteiger partial charge on any atom is -0.475 e. The van der Waals surface area contributed by atoms with Crippen molar-refractivity contribution in [3.63, 3.8) is 0 Å². The summed E-state index contributed by atoms with van der Waals surface area (Å²) in [6, 6.07) is 14.2. The lowest BCUT2D eigenvalue weighted by Gasteiger charge is -2.30. The summed E-state index contributed by atoms with van der Waals surface area (Å²) in [5.41, 5.74) is 1.84. The van der Waals surface area contributed by atoms with Crippen molar-refractivity contribution in [3.8, 4) is 0 Å². The van der Waals surface area contributed by atoms with Gasteiger partial charge in [-0.3, -0.25) is 4.90 Å². The standard InChI is InChI=1S/C18H17ClN2O2S.C2HF3O2/c19-16-6-1-2-8-18(16)24(22,23)21-12-9-15-14(5-3-7-17(15)21)13-20-10-4-11-20;3-2(4,5)1(6)7/h1-3,5-9,12H,4,10-11,13H2;(H,6,7). The lowest BCUT2D eigenvalue weighted by atomic mass is 10.1. The number of hydrogen-bond donors (Lipinski definition) is 1. The molecule has 1 aliphatic heterocycles. The fourth-order valence-electron chi connectivity index (χ4n) is 3.09. The summed E-state index contributed by atoms with van der Waals surface area (Å²) < 4.78 is 59.1. The molecular weight excluding hydrogens is 457 g/mol. The van der Waals surface area contributed by atoms with Gasteiger partial charge < -0.3 is 5.11 Å². The van der Waals surface area contributed by atoms with Crippen LogP contribution >= 0.6 is 11.6 Å². The molecule has 1 N–H and O–H groups in total. The van der Waals surface area contributed by atoms with Crippen LogP contribution in [-0.2, 0) is 21.4 Å². The Labute approximate surface area is 181 Å². The number of carboxylic acid groups (broad SMARTS) is 1. The zero-order valence-electron chi connectivity index (χ0n) is 16.0. The number of carboxylic acids is 1. The third-order valence-electron chi connectivity index (χ3n) is 4.75. The van der Waals surface area contributed by atoms with Crippen LogP contribution < -0.4 is 0 Å². The maximum absolute atomic E-state index is 13.0. The Bertz CT molecular complexity index is 1200. The van der Waals surface area contributed by atoms with Crippen molar-refractivity contribution >= 4 is 38.5 Å². The van der Waals surface area contributed by atoms with Crippen molar-refractivity contribution in [2.45, 2.75) is 24.0 Å². The van der Waals surface area contributed by atoms with Crippen LogP contribution in [0.2, 0.25) is 5.02 Å². The van der Waals surface area contributed by atoms with E-state index in [4.69, 9.17) is 21.5 Å². The average molecular weight is 475 g/mol. The third kappa shape index (κ3) is 5.03. The van der Waals surface area contributed by atoms with E-state index in [1.54, 1.807) is 24.4 Å². The van der Waals surface area contributed by atoms with Crippen molar-refractivity contribution < 1.29 is 31.5 Å². The van der Waals surface area contributed by atoms with Crippen molar-refractivity contribution in [2.24, 2.45) is 0 Å². The molecule has 2 heterocycles. The van der Waals surface area contributed by atoms with Gasteiger partial charge in [0.25, 0.3) is 10.0 Å². The number of likely N-dealkylation sites (tertiary alicyclic amines) is 1. The van der Waals surface area contributed by atoms with Crippen LogP contribution in [0, 0.1) is 0 Å². The van der Waals surface area contributed by atoms with Gasteiger partial charge in [0.05, 0.1) is 10.5 Å². The zero-order chi connectivity index (χ0) is 22.8. The maximum atomic E-state index is 13.0. The van der Waals surface area contributed by atoms with Crippen LogP contribution in [0.15, 0.2) is 59.6 Å². The smallest absolute Gasteiger partial charge is 0.475 e. The van der Waals surface area contributed by atoms with Crippen LogP contribution in [0.4, 0.5) is 13.2 Å². The fourth-order valence-corrected chi connectivity index (χ4v) is 4.94. The van der Waals surface area contributed by atoms with Gasteiger partial charge in [0.2, 0.25) is 0 Å². The Kier molecular flexibility index (Phi) is 6.63. The molecule has 1 aromatic heterocycles. The summed E-state index contributed by atoms with van der Waals surface area (Å²) in [4.78, 5) is 11.4. The van der Waals surface area contributed by atoms with E-state index in [0.717, 1.165) is 30.6 Å².